The van der Waals surface area contributed by atoms with Crippen molar-refractivity contribution in [2.24, 2.45) is 11.7 Å². The maximum Gasteiger partial charge on any atom is 0.243 e. The molecule has 2 atom stereocenters. The second-order valence-corrected chi connectivity index (χ2v) is 2.84. The molecule has 9 heavy (non-hydrogen) atoms. The zero-order valence-electron chi connectivity index (χ0n) is 6.15. The molecular formula is C7H15N2+. The summed E-state index contributed by atoms with van der Waals surface area (Å²) in [4.78, 5) is 3.21. The third-order valence-corrected chi connectivity index (χ3v) is 1.98. The van der Waals surface area contributed by atoms with E-state index < -0.39 is 0 Å². The minimum atomic E-state index is 0.593. The second-order valence-electron chi connectivity index (χ2n) is 2.84. The van der Waals surface area contributed by atoms with Gasteiger partial charge < -0.3 is 0 Å². The largest absolute Gasteiger partial charge is 0.291 e. The molecule has 2 nitrogen and oxygen atoms in total. The molecule has 0 radical (unpaired) electrons. The summed E-state index contributed by atoms with van der Waals surface area (Å²) in [6, 6.07) is 0.593. The highest BCUT2D eigenvalue weighted by atomic mass is 14.9. The highest BCUT2D eigenvalue weighted by Gasteiger charge is 2.26. The van der Waals surface area contributed by atoms with Crippen LogP contribution in [0.4, 0.5) is 0 Å². The molecular weight excluding hydrogens is 112 g/mol. The summed E-state index contributed by atoms with van der Waals surface area (Å²) in [7, 11) is 0. The van der Waals surface area contributed by atoms with Gasteiger partial charge in [0.05, 0.1) is 12.0 Å². The van der Waals surface area contributed by atoms with Crippen LogP contribution < -0.4 is 10.7 Å². The van der Waals surface area contributed by atoms with Crippen molar-refractivity contribution in [1.82, 2.24) is 0 Å². The minimum absolute atomic E-state index is 0.593. The van der Waals surface area contributed by atoms with E-state index in [1.54, 1.807) is 0 Å². The zero-order chi connectivity index (χ0) is 6.85. The number of hydrogen-bond acceptors (Lipinski definition) is 1. The molecule has 1 heterocycles. The Bertz CT molecular complexity index is 129. The summed E-state index contributed by atoms with van der Waals surface area (Å²) < 4.78 is 0. The van der Waals surface area contributed by atoms with Crippen LogP contribution in [0.5, 0.6) is 0 Å². The van der Waals surface area contributed by atoms with Gasteiger partial charge in [-0.25, -0.2) is 0 Å². The summed E-state index contributed by atoms with van der Waals surface area (Å²) >= 11 is 0. The number of amidine groups is 1. The summed E-state index contributed by atoms with van der Waals surface area (Å²) in [6.07, 6.45) is 2.38. The van der Waals surface area contributed by atoms with Crippen LogP contribution in [0, 0.1) is 5.92 Å². The van der Waals surface area contributed by atoms with Gasteiger partial charge in [-0.2, -0.15) is 0 Å². The lowest BCUT2D eigenvalue weighted by molar-refractivity contribution is -0.489. The Balaban J connectivity index is 2.53. The number of nitrogens with two attached hydrogens (primary N) is 1. The van der Waals surface area contributed by atoms with Gasteiger partial charge in [-0.1, -0.05) is 6.92 Å². The molecule has 0 aromatic carbocycles. The van der Waals surface area contributed by atoms with E-state index >= 15 is 0 Å². The maximum atomic E-state index is 5.69. The third kappa shape index (κ3) is 1.23. The van der Waals surface area contributed by atoms with Crippen molar-refractivity contribution in [2.45, 2.75) is 32.7 Å². The molecule has 0 saturated heterocycles. The zero-order valence-corrected chi connectivity index (χ0v) is 6.15. The SMILES string of the molecule is CCC1CC(C)[NH+]=C1N. The molecule has 0 saturated carbocycles. The van der Waals surface area contributed by atoms with Crippen LogP contribution in [0.2, 0.25) is 0 Å². The van der Waals surface area contributed by atoms with Crippen molar-refractivity contribution in [3.8, 4) is 0 Å². The van der Waals surface area contributed by atoms with Crippen LogP contribution in [0.3, 0.4) is 0 Å². The van der Waals surface area contributed by atoms with E-state index in [9.17, 15) is 0 Å². The molecule has 0 bridgehead atoms. The van der Waals surface area contributed by atoms with Gasteiger partial charge >= 0.3 is 0 Å². The van der Waals surface area contributed by atoms with Crippen LogP contribution >= 0.6 is 0 Å². The van der Waals surface area contributed by atoms with Crippen molar-refractivity contribution < 1.29 is 4.99 Å². The quantitative estimate of drug-likeness (QED) is 0.477. The van der Waals surface area contributed by atoms with E-state index in [1.165, 1.54) is 12.8 Å². The van der Waals surface area contributed by atoms with Gasteiger partial charge in [0.15, 0.2) is 0 Å². The molecule has 0 fully saturated rings. The van der Waals surface area contributed by atoms with Crippen molar-refractivity contribution in [3.05, 3.63) is 0 Å². The smallest absolute Gasteiger partial charge is 0.243 e. The first-order chi connectivity index (χ1) is 4.24. The molecule has 1 rings (SSSR count). The van der Waals surface area contributed by atoms with Crippen LogP contribution in [-0.4, -0.2) is 11.9 Å². The lowest BCUT2D eigenvalue weighted by atomic mass is 10.0. The van der Waals surface area contributed by atoms with Crippen molar-refractivity contribution in [1.29, 1.82) is 0 Å². The van der Waals surface area contributed by atoms with E-state index in [-0.39, 0.29) is 0 Å². The lowest BCUT2D eigenvalue weighted by Gasteiger charge is -1.99. The van der Waals surface area contributed by atoms with E-state index in [4.69, 9.17) is 5.73 Å². The van der Waals surface area contributed by atoms with E-state index in [0.717, 1.165) is 5.84 Å². The Morgan fingerprint density at radius 2 is 2.44 bits per heavy atom. The topological polar surface area (TPSA) is 40.0 Å². The predicted octanol–water partition coefficient (Wildman–Crippen LogP) is -0.757. The van der Waals surface area contributed by atoms with Gasteiger partial charge in [-0.3, -0.25) is 10.7 Å². The molecule has 52 valence electrons. The fraction of sp³-hybridized carbons (Fsp3) is 0.857. The Kier molecular flexibility index (Phi) is 1.74. The molecule has 1 aliphatic rings. The van der Waals surface area contributed by atoms with Crippen LogP contribution in [0.25, 0.3) is 0 Å². The van der Waals surface area contributed by atoms with Crippen molar-refractivity contribution in [2.75, 3.05) is 0 Å². The lowest BCUT2D eigenvalue weighted by Crippen LogP contribution is -2.77. The predicted molar refractivity (Wildman–Crippen MR) is 38.0 cm³/mol. The van der Waals surface area contributed by atoms with Gasteiger partial charge in [0, 0.05) is 6.42 Å². The molecule has 0 aromatic heterocycles. The van der Waals surface area contributed by atoms with Crippen molar-refractivity contribution in [3.63, 3.8) is 0 Å². The van der Waals surface area contributed by atoms with E-state index in [2.05, 4.69) is 18.8 Å². The molecule has 0 aromatic rings. The highest BCUT2D eigenvalue weighted by molar-refractivity contribution is 5.78. The maximum absolute atomic E-state index is 5.69. The van der Waals surface area contributed by atoms with Gasteiger partial charge in [0.25, 0.3) is 0 Å². The fourth-order valence-electron chi connectivity index (χ4n) is 1.40. The Morgan fingerprint density at radius 3 is 2.67 bits per heavy atom. The van der Waals surface area contributed by atoms with Gasteiger partial charge in [-0.05, 0) is 13.3 Å². The van der Waals surface area contributed by atoms with Crippen LogP contribution in [-0.2, 0) is 0 Å². The first kappa shape index (κ1) is 6.59. The standard InChI is InChI=1S/C7H14N2/c1-3-6-4-5(2)9-7(6)8/h5-6H,3-4H2,1-2H3,(H2,8,9)/p+1. The minimum Gasteiger partial charge on any atom is -0.291 e. The Hall–Kier alpha value is -0.530. The van der Waals surface area contributed by atoms with E-state index in [0.29, 0.717) is 12.0 Å². The molecule has 2 heteroatoms. The van der Waals surface area contributed by atoms with Crippen LogP contribution in [0.15, 0.2) is 0 Å². The summed E-state index contributed by atoms with van der Waals surface area (Å²) in [5.74, 6) is 1.62. The third-order valence-electron chi connectivity index (χ3n) is 1.98. The average molecular weight is 127 g/mol. The number of nitrogens with one attached hydrogen (secondary N) is 1. The first-order valence-corrected chi connectivity index (χ1v) is 3.63. The average Bonchev–Trinajstić information content (AvgIpc) is 2.10. The number of hydrogen-bond donors (Lipinski definition) is 2. The Labute approximate surface area is 56.2 Å². The summed E-state index contributed by atoms with van der Waals surface area (Å²) in [5.41, 5.74) is 5.69. The molecule has 1 aliphatic heterocycles. The van der Waals surface area contributed by atoms with Gasteiger partial charge in [0.1, 0.15) is 0 Å². The summed E-state index contributed by atoms with van der Waals surface area (Å²) in [5, 5.41) is 0. The van der Waals surface area contributed by atoms with Gasteiger partial charge in [-0.15, -0.1) is 0 Å². The molecule has 3 N–H and O–H groups in total. The molecule has 0 amide bonds. The van der Waals surface area contributed by atoms with Crippen LogP contribution in [0.1, 0.15) is 26.7 Å². The van der Waals surface area contributed by atoms with E-state index in [1.807, 2.05) is 0 Å². The normalized spacial score (nSPS) is 34.7. The molecule has 2 unspecified atom stereocenters. The second kappa shape index (κ2) is 2.38. The van der Waals surface area contributed by atoms with Crippen molar-refractivity contribution >= 4 is 5.84 Å². The Morgan fingerprint density at radius 1 is 1.78 bits per heavy atom. The molecule has 0 spiro atoms. The van der Waals surface area contributed by atoms with Gasteiger partial charge in [0.2, 0.25) is 5.84 Å². The monoisotopic (exact) mass is 127 g/mol. The first-order valence-electron chi connectivity index (χ1n) is 3.63. The fourth-order valence-corrected chi connectivity index (χ4v) is 1.40. The summed E-state index contributed by atoms with van der Waals surface area (Å²) in [6.45, 7) is 4.35. The highest BCUT2D eigenvalue weighted by Crippen LogP contribution is 2.10. The molecule has 0 aliphatic carbocycles. The number of rotatable bonds is 1.